The molecule has 2 rings (SSSR count). The van der Waals surface area contributed by atoms with Crippen molar-refractivity contribution in [1.29, 1.82) is 0 Å². The molecule has 0 N–H and O–H groups in total. The number of hydrogen-bond acceptors (Lipinski definition) is 3. The Balaban J connectivity index is 2.06. The Hall–Kier alpha value is -1.72. The summed E-state index contributed by atoms with van der Waals surface area (Å²) in [5.74, 6) is -1.09. The fraction of sp³-hybridized carbons (Fsp3) is 0.133. The van der Waals surface area contributed by atoms with E-state index < -0.39 is 15.7 Å². The Labute approximate surface area is 127 Å². The molecule has 0 fully saturated rings. The van der Waals surface area contributed by atoms with Crippen LogP contribution in [0.25, 0.3) is 0 Å². The highest BCUT2D eigenvalue weighted by atomic mass is 35.5. The second-order valence-corrected chi connectivity index (χ2v) is 7.00. The summed E-state index contributed by atoms with van der Waals surface area (Å²) in [5, 5.41) is 0.441. The minimum Gasteiger partial charge on any atom is -0.294 e. The molecule has 0 radical (unpaired) electrons. The monoisotopic (exact) mass is 326 g/mol. The van der Waals surface area contributed by atoms with Gasteiger partial charge in [0.2, 0.25) is 0 Å². The van der Waals surface area contributed by atoms with Crippen LogP contribution in [-0.4, -0.2) is 20.0 Å². The molecule has 0 aromatic heterocycles. The van der Waals surface area contributed by atoms with Gasteiger partial charge in [-0.3, -0.25) is 4.79 Å². The summed E-state index contributed by atoms with van der Waals surface area (Å²) in [5.41, 5.74) is 0.294. The molecular weight excluding hydrogens is 315 g/mol. The van der Waals surface area contributed by atoms with E-state index in [0.29, 0.717) is 10.6 Å². The minimum atomic E-state index is -3.54. The molecule has 0 atom stereocenters. The highest BCUT2D eigenvalue weighted by molar-refractivity contribution is 7.91. The van der Waals surface area contributed by atoms with Crippen LogP contribution in [0.1, 0.15) is 16.8 Å². The predicted octanol–water partition coefficient (Wildman–Crippen LogP) is 3.53. The zero-order chi connectivity index (χ0) is 15.5. The van der Waals surface area contributed by atoms with Crippen molar-refractivity contribution < 1.29 is 17.6 Å². The van der Waals surface area contributed by atoms with Gasteiger partial charge in [-0.05, 0) is 48.5 Å². The minimum absolute atomic E-state index is 0.124. The summed E-state index contributed by atoms with van der Waals surface area (Å²) in [6.45, 7) is 0. The maximum atomic E-state index is 12.8. The Bertz CT molecular complexity index is 737. The van der Waals surface area contributed by atoms with Gasteiger partial charge in [-0.1, -0.05) is 11.6 Å². The number of hydrogen-bond donors (Lipinski definition) is 0. The molecule has 6 heteroatoms. The number of carbonyl (C=O) groups is 1. The molecule has 0 aliphatic carbocycles. The molecule has 0 amide bonds. The fourth-order valence-electron chi connectivity index (χ4n) is 1.77. The second-order valence-electron chi connectivity index (χ2n) is 4.45. The molecule has 0 saturated carbocycles. The molecule has 3 nitrogen and oxygen atoms in total. The molecule has 0 bridgehead atoms. The summed E-state index contributed by atoms with van der Waals surface area (Å²) in [6, 6.07) is 10.8. The lowest BCUT2D eigenvalue weighted by atomic mass is 10.1. The molecule has 21 heavy (non-hydrogen) atoms. The van der Waals surface area contributed by atoms with E-state index in [9.17, 15) is 17.6 Å². The molecule has 0 unspecified atom stereocenters. The number of sulfone groups is 1. The van der Waals surface area contributed by atoms with E-state index >= 15 is 0 Å². The molecule has 0 heterocycles. The number of rotatable bonds is 5. The summed E-state index contributed by atoms with van der Waals surface area (Å²) in [6.07, 6.45) is -0.156. The van der Waals surface area contributed by atoms with Crippen LogP contribution in [0.3, 0.4) is 0 Å². The third-order valence-electron chi connectivity index (χ3n) is 2.94. The third-order valence-corrected chi connectivity index (χ3v) is 4.92. The van der Waals surface area contributed by atoms with Gasteiger partial charge in [0.1, 0.15) is 5.82 Å². The lowest BCUT2D eigenvalue weighted by molar-refractivity contribution is 0.0988. The zero-order valence-electron chi connectivity index (χ0n) is 10.9. The van der Waals surface area contributed by atoms with E-state index in [-0.39, 0.29) is 22.9 Å². The van der Waals surface area contributed by atoms with E-state index in [1.807, 2.05) is 0 Å². The van der Waals surface area contributed by atoms with E-state index in [2.05, 4.69) is 0 Å². The third kappa shape index (κ3) is 4.12. The fourth-order valence-corrected chi connectivity index (χ4v) is 3.13. The van der Waals surface area contributed by atoms with Crippen molar-refractivity contribution in [3.05, 3.63) is 64.9 Å². The number of ketones is 1. The second kappa shape index (κ2) is 6.37. The standard InChI is InChI=1S/C15H12ClFO3S/c16-12-3-7-14(8-4-12)21(19,20)10-9-15(18)11-1-5-13(17)6-2-11/h1-8H,9-10H2. The maximum absolute atomic E-state index is 12.8. The first kappa shape index (κ1) is 15.7. The molecule has 110 valence electrons. The SMILES string of the molecule is O=C(CCS(=O)(=O)c1ccc(Cl)cc1)c1ccc(F)cc1. The Morgan fingerprint density at radius 3 is 2.14 bits per heavy atom. The van der Waals surface area contributed by atoms with Crippen molar-refractivity contribution in [2.75, 3.05) is 5.75 Å². The molecule has 2 aromatic rings. The summed E-state index contributed by atoms with van der Waals surface area (Å²) in [4.78, 5) is 12.0. The molecule has 0 aliphatic rings. The Morgan fingerprint density at radius 1 is 1.00 bits per heavy atom. The first-order chi connectivity index (χ1) is 9.88. The summed E-state index contributed by atoms with van der Waals surface area (Å²) in [7, 11) is -3.54. The van der Waals surface area contributed by atoms with Crippen molar-refractivity contribution in [2.24, 2.45) is 0 Å². The van der Waals surface area contributed by atoms with E-state index in [1.54, 1.807) is 0 Å². The van der Waals surface area contributed by atoms with Crippen LogP contribution in [0.2, 0.25) is 5.02 Å². The van der Waals surface area contributed by atoms with Gasteiger partial charge >= 0.3 is 0 Å². The summed E-state index contributed by atoms with van der Waals surface area (Å²) < 4.78 is 36.9. The van der Waals surface area contributed by atoms with Crippen LogP contribution in [-0.2, 0) is 9.84 Å². The lowest BCUT2D eigenvalue weighted by Crippen LogP contribution is -2.11. The first-order valence-corrected chi connectivity index (χ1v) is 8.18. The molecule has 0 saturated heterocycles. The largest absolute Gasteiger partial charge is 0.294 e. The average molecular weight is 327 g/mol. The lowest BCUT2D eigenvalue weighted by Gasteiger charge is -2.04. The highest BCUT2D eigenvalue weighted by Crippen LogP contribution is 2.17. The van der Waals surface area contributed by atoms with Crippen molar-refractivity contribution in [2.45, 2.75) is 11.3 Å². The van der Waals surface area contributed by atoms with Crippen LogP contribution in [0, 0.1) is 5.82 Å². The van der Waals surface area contributed by atoms with Crippen molar-refractivity contribution in [3.8, 4) is 0 Å². The van der Waals surface area contributed by atoms with Crippen LogP contribution < -0.4 is 0 Å². The van der Waals surface area contributed by atoms with Gasteiger partial charge in [-0.15, -0.1) is 0 Å². The van der Waals surface area contributed by atoms with E-state index in [1.165, 1.54) is 48.5 Å². The number of halogens is 2. The zero-order valence-corrected chi connectivity index (χ0v) is 12.5. The van der Waals surface area contributed by atoms with Gasteiger partial charge in [-0.2, -0.15) is 0 Å². The van der Waals surface area contributed by atoms with Crippen LogP contribution in [0.15, 0.2) is 53.4 Å². The van der Waals surface area contributed by atoms with Crippen molar-refractivity contribution in [3.63, 3.8) is 0 Å². The Morgan fingerprint density at radius 2 is 1.57 bits per heavy atom. The van der Waals surface area contributed by atoms with E-state index in [0.717, 1.165) is 0 Å². The van der Waals surface area contributed by atoms with Crippen molar-refractivity contribution >= 4 is 27.2 Å². The molecule has 2 aromatic carbocycles. The van der Waals surface area contributed by atoms with Gasteiger partial charge in [0, 0.05) is 17.0 Å². The molecular formula is C15H12ClFO3S. The van der Waals surface area contributed by atoms with Gasteiger partial charge < -0.3 is 0 Å². The van der Waals surface area contributed by atoms with E-state index in [4.69, 9.17) is 11.6 Å². The quantitative estimate of drug-likeness (QED) is 0.790. The number of benzene rings is 2. The van der Waals surface area contributed by atoms with Gasteiger partial charge in [0.15, 0.2) is 15.6 Å². The number of carbonyl (C=O) groups excluding carboxylic acids is 1. The van der Waals surface area contributed by atoms with Gasteiger partial charge in [0.05, 0.1) is 10.6 Å². The number of Topliss-reactive ketones (excluding diaryl/α,β-unsaturated/α-hetero) is 1. The normalized spacial score (nSPS) is 11.3. The highest BCUT2D eigenvalue weighted by Gasteiger charge is 2.17. The topological polar surface area (TPSA) is 51.2 Å². The van der Waals surface area contributed by atoms with Gasteiger partial charge in [-0.25, -0.2) is 12.8 Å². The van der Waals surface area contributed by atoms with Crippen LogP contribution in [0.4, 0.5) is 4.39 Å². The maximum Gasteiger partial charge on any atom is 0.178 e. The first-order valence-electron chi connectivity index (χ1n) is 6.15. The Kier molecular flexibility index (Phi) is 4.75. The average Bonchev–Trinajstić information content (AvgIpc) is 2.46. The summed E-state index contributed by atoms with van der Waals surface area (Å²) >= 11 is 5.70. The van der Waals surface area contributed by atoms with Crippen LogP contribution >= 0.6 is 11.6 Å². The van der Waals surface area contributed by atoms with Gasteiger partial charge in [0.25, 0.3) is 0 Å². The van der Waals surface area contributed by atoms with Crippen molar-refractivity contribution in [1.82, 2.24) is 0 Å². The molecule has 0 spiro atoms. The molecule has 0 aliphatic heterocycles. The predicted molar refractivity (Wildman–Crippen MR) is 78.9 cm³/mol. The van der Waals surface area contributed by atoms with Crippen LogP contribution in [0.5, 0.6) is 0 Å². The smallest absolute Gasteiger partial charge is 0.178 e.